The van der Waals surface area contributed by atoms with Crippen molar-refractivity contribution >= 4 is 15.8 Å². The number of benzene rings is 1. The zero-order chi connectivity index (χ0) is 19.4. The van der Waals surface area contributed by atoms with Crippen LogP contribution in [0.4, 0.5) is 5.82 Å². The molecule has 1 N–H and O–H groups in total. The van der Waals surface area contributed by atoms with Crippen molar-refractivity contribution in [1.29, 1.82) is 0 Å². The summed E-state index contributed by atoms with van der Waals surface area (Å²) < 4.78 is 28.1. The molecule has 1 atom stereocenters. The number of nitrogens with zero attached hydrogens (tertiary/aromatic N) is 2. The number of pyridine rings is 1. The summed E-state index contributed by atoms with van der Waals surface area (Å²) in [4.78, 5) is 4.86. The maximum Gasteiger partial charge on any atom is 0.243 e. The number of anilines is 1. The van der Waals surface area contributed by atoms with Gasteiger partial charge in [0.2, 0.25) is 10.0 Å². The molecule has 6 heteroatoms. The quantitative estimate of drug-likeness (QED) is 0.799. The second-order valence-corrected chi connectivity index (χ2v) is 9.58. The van der Waals surface area contributed by atoms with E-state index >= 15 is 0 Å². The lowest BCUT2D eigenvalue weighted by Gasteiger charge is -2.35. The average molecular weight is 388 g/mol. The first-order valence-corrected chi connectivity index (χ1v) is 11.1. The van der Waals surface area contributed by atoms with Crippen LogP contribution in [-0.4, -0.2) is 30.8 Å². The molecule has 1 aromatic heterocycles. The number of hydrogen-bond donors (Lipinski definition) is 1. The lowest BCUT2D eigenvalue weighted by Crippen LogP contribution is -2.38. The predicted octanol–water partition coefficient (Wildman–Crippen LogP) is 4.37. The Labute approximate surface area is 162 Å². The topological polar surface area (TPSA) is 62.3 Å². The number of nitrogens with one attached hydrogen (secondary N) is 1. The van der Waals surface area contributed by atoms with Crippen LogP contribution in [0.3, 0.4) is 0 Å². The van der Waals surface area contributed by atoms with Crippen molar-refractivity contribution in [3.05, 3.63) is 53.7 Å². The van der Waals surface area contributed by atoms with E-state index < -0.39 is 10.0 Å². The van der Waals surface area contributed by atoms with Gasteiger partial charge in [-0.25, -0.2) is 13.4 Å². The van der Waals surface area contributed by atoms with Crippen molar-refractivity contribution in [2.24, 2.45) is 5.92 Å². The first-order valence-electron chi connectivity index (χ1n) is 9.66. The summed E-state index contributed by atoms with van der Waals surface area (Å²) in [6.45, 7) is 7.67. The van der Waals surface area contributed by atoms with Crippen LogP contribution in [0.5, 0.6) is 0 Å². The molecule has 0 aliphatic carbocycles. The minimum absolute atomic E-state index is 0.156. The van der Waals surface area contributed by atoms with Crippen molar-refractivity contribution in [2.45, 2.75) is 51.0 Å². The molecule has 1 aromatic carbocycles. The fraction of sp³-hybridized carbons (Fsp3) is 0.476. The van der Waals surface area contributed by atoms with E-state index in [1.807, 2.05) is 37.4 Å². The molecule has 0 bridgehead atoms. The summed E-state index contributed by atoms with van der Waals surface area (Å²) in [6.07, 6.45) is 4.56. The molecule has 0 spiro atoms. The van der Waals surface area contributed by atoms with E-state index in [4.69, 9.17) is 0 Å². The highest BCUT2D eigenvalue weighted by atomic mass is 32.2. The third-order valence-corrected chi connectivity index (χ3v) is 6.87. The number of sulfonamides is 1. The van der Waals surface area contributed by atoms with E-state index in [9.17, 15) is 8.42 Å². The van der Waals surface area contributed by atoms with Gasteiger partial charge in [0.05, 0.1) is 10.9 Å². The Hall–Kier alpha value is -1.92. The molecule has 0 unspecified atom stereocenters. The van der Waals surface area contributed by atoms with E-state index in [-0.39, 0.29) is 6.04 Å². The normalized spacial score (nSPS) is 18.6. The summed E-state index contributed by atoms with van der Waals surface area (Å²) in [5, 5.41) is 3.30. The number of aromatic nitrogens is 1. The van der Waals surface area contributed by atoms with Crippen molar-refractivity contribution in [3.8, 4) is 0 Å². The van der Waals surface area contributed by atoms with Crippen molar-refractivity contribution in [2.75, 3.05) is 18.4 Å². The van der Waals surface area contributed by atoms with E-state index in [2.05, 4.69) is 24.1 Å². The molecule has 1 aliphatic rings. The SMILES string of the molecule is Cc1ccc(S(=O)(=O)N2CCCC[C@@H]2c2ccc(NCC(C)C)nc2)cc1. The van der Waals surface area contributed by atoms with Gasteiger partial charge >= 0.3 is 0 Å². The predicted molar refractivity (Wildman–Crippen MR) is 109 cm³/mol. The average Bonchev–Trinajstić information content (AvgIpc) is 2.67. The summed E-state index contributed by atoms with van der Waals surface area (Å²) in [5.74, 6) is 1.37. The number of piperidine rings is 1. The van der Waals surface area contributed by atoms with Gasteiger partial charge in [-0.15, -0.1) is 0 Å². The molecule has 27 heavy (non-hydrogen) atoms. The lowest BCUT2D eigenvalue weighted by molar-refractivity contribution is 0.255. The molecule has 3 rings (SSSR count). The minimum atomic E-state index is -3.52. The number of rotatable bonds is 6. The van der Waals surface area contributed by atoms with Crippen molar-refractivity contribution < 1.29 is 8.42 Å². The highest BCUT2D eigenvalue weighted by Crippen LogP contribution is 2.35. The zero-order valence-electron chi connectivity index (χ0n) is 16.4. The summed E-state index contributed by atoms with van der Waals surface area (Å²) in [6, 6.07) is 10.9. The second kappa shape index (κ2) is 8.40. The van der Waals surface area contributed by atoms with E-state index in [1.54, 1.807) is 16.4 Å². The molecule has 1 aliphatic heterocycles. The van der Waals surface area contributed by atoms with Gasteiger partial charge in [0, 0.05) is 19.3 Å². The van der Waals surface area contributed by atoms with E-state index in [0.717, 1.165) is 42.8 Å². The molecule has 1 fully saturated rings. The van der Waals surface area contributed by atoms with Crippen LogP contribution in [0.1, 0.15) is 50.3 Å². The molecular weight excluding hydrogens is 358 g/mol. The maximum absolute atomic E-state index is 13.2. The summed E-state index contributed by atoms with van der Waals surface area (Å²) >= 11 is 0. The highest BCUT2D eigenvalue weighted by molar-refractivity contribution is 7.89. The number of hydrogen-bond acceptors (Lipinski definition) is 4. The van der Waals surface area contributed by atoms with Crippen LogP contribution in [0, 0.1) is 12.8 Å². The fourth-order valence-electron chi connectivity index (χ4n) is 3.39. The molecule has 146 valence electrons. The Bertz CT molecular complexity index is 846. The molecule has 2 heterocycles. The third kappa shape index (κ3) is 4.68. The lowest BCUT2D eigenvalue weighted by atomic mass is 9.99. The van der Waals surface area contributed by atoms with Crippen LogP contribution in [0.2, 0.25) is 0 Å². The highest BCUT2D eigenvalue weighted by Gasteiger charge is 2.34. The Balaban J connectivity index is 1.84. The van der Waals surface area contributed by atoms with E-state index in [0.29, 0.717) is 17.4 Å². The molecule has 0 radical (unpaired) electrons. The van der Waals surface area contributed by atoms with Gasteiger partial charge < -0.3 is 5.32 Å². The van der Waals surface area contributed by atoms with Gasteiger partial charge in [-0.05, 0) is 49.4 Å². The molecule has 2 aromatic rings. The molecule has 0 saturated carbocycles. The van der Waals surface area contributed by atoms with Gasteiger partial charge in [0.15, 0.2) is 0 Å². The summed E-state index contributed by atoms with van der Waals surface area (Å²) in [5.41, 5.74) is 2.01. The monoisotopic (exact) mass is 387 g/mol. The Morgan fingerprint density at radius 2 is 1.89 bits per heavy atom. The van der Waals surface area contributed by atoms with Crippen LogP contribution in [0.15, 0.2) is 47.5 Å². The fourth-order valence-corrected chi connectivity index (χ4v) is 5.07. The molecule has 5 nitrogen and oxygen atoms in total. The van der Waals surface area contributed by atoms with Crippen LogP contribution < -0.4 is 5.32 Å². The van der Waals surface area contributed by atoms with Crippen LogP contribution in [0.25, 0.3) is 0 Å². The van der Waals surface area contributed by atoms with Gasteiger partial charge in [-0.3, -0.25) is 0 Å². The Morgan fingerprint density at radius 1 is 1.15 bits per heavy atom. The smallest absolute Gasteiger partial charge is 0.243 e. The van der Waals surface area contributed by atoms with Gasteiger partial charge in [0.25, 0.3) is 0 Å². The number of aryl methyl sites for hydroxylation is 1. The summed E-state index contributed by atoms with van der Waals surface area (Å²) in [7, 11) is -3.52. The van der Waals surface area contributed by atoms with Crippen LogP contribution >= 0.6 is 0 Å². The largest absolute Gasteiger partial charge is 0.370 e. The van der Waals surface area contributed by atoms with Crippen LogP contribution in [-0.2, 0) is 10.0 Å². The van der Waals surface area contributed by atoms with Gasteiger partial charge in [0.1, 0.15) is 5.82 Å². The second-order valence-electron chi connectivity index (χ2n) is 7.69. The molecular formula is C21H29N3O2S. The molecule has 0 amide bonds. The van der Waals surface area contributed by atoms with Crippen molar-refractivity contribution in [1.82, 2.24) is 9.29 Å². The first-order chi connectivity index (χ1) is 12.9. The molecule has 1 saturated heterocycles. The first kappa shape index (κ1) is 19.8. The Kier molecular flexibility index (Phi) is 6.17. The third-order valence-electron chi connectivity index (χ3n) is 4.94. The zero-order valence-corrected chi connectivity index (χ0v) is 17.2. The van der Waals surface area contributed by atoms with Crippen molar-refractivity contribution in [3.63, 3.8) is 0 Å². The van der Waals surface area contributed by atoms with E-state index in [1.165, 1.54) is 0 Å². The standard InChI is InChI=1S/C21H29N3O2S/c1-16(2)14-22-21-12-9-18(15-23-21)20-6-4-5-13-24(20)27(25,26)19-10-7-17(3)8-11-19/h7-12,15-16,20H,4-6,13-14H2,1-3H3,(H,22,23)/t20-/m1/s1. The Morgan fingerprint density at radius 3 is 2.52 bits per heavy atom. The minimum Gasteiger partial charge on any atom is -0.370 e. The van der Waals surface area contributed by atoms with Gasteiger partial charge in [-0.2, -0.15) is 4.31 Å². The van der Waals surface area contributed by atoms with Gasteiger partial charge in [-0.1, -0.05) is 44.0 Å². The maximum atomic E-state index is 13.2.